The van der Waals surface area contributed by atoms with Gasteiger partial charge in [-0.1, -0.05) is 13.8 Å². The van der Waals surface area contributed by atoms with Crippen LogP contribution < -0.4 is 5.32 Å². The van der Waals surface area contributed by atoms with E-state index in [1.807, 2.05) is 12.1 Å². The van der Waals surface area contributed by atoms with E-state index in [-0.39, 0.29) is 18.7 Å². The van der Waals surface area contributed by atoms with Crippen LogP contribution in [0, 0.1) is 0 Å². The van der Waals surface area contributed by atoms with Crippen molar-refractivity contribution in [2.24, 2.45) is 0 Å². The van der Waals surface area contributed by atoms with Crippen molar-refractivity contribution in [1.29, 1.82) is 0 Å². The van der Waals surface area contributed by atoms with Crippen LogP contribution in [0.1, 0.15) is 38.5 Å². The van der Waals surface area contributed by atoms with Gasteiger partial charge in [0.25, 0.3) is 0 Å². The molecule has 0 bridgehead atoms. The fraction of sp³-hybridized carbons (Fsp3) is 0.667. The summed E-state index contributed by atoms with van der Waals surface area (Å²) >= 11 is 0. The zero-order chi connectivity index (χ0) is 18.6. The lowest BCUT2D eigenvalue weighted by molar-refractivity contribution is 0.00918. The van der Waals surface area contributed by atoms with Gasteiger partial charge in [-0.25, -0.2) is 9.59 Å². The number of likely N-dealkylation sites (tertiary alicyclic amines) is 1. The third-order valence-electron chi connectivity index (χ3n) is 5.29. The van der Waals surface area contributed by atoms with E-state index in [9.17, 15) is 9.59 Å². The minimum Gasteiger partial charge on any atom is -0.468 e. The van der Waals surface area contributed by atoms with Crippen molar-refractivity contribution in [3.8, 4) is 0 Å². The Morgan fingerprint density at radius 3 is 2.62 bits per heavy atom. The highest BCUT2D eigenvalue weighted by atomic mass is 16.8. The number of ether oxygens (including phenoxy) is 2. The normalized spacial score (nSPS) is 20.1. The zero-order valence-electron chi connectivity index (χ0n) is 15.4. The van der Waals surface area contributed by atoms with Crippen molar-refractivity contribution < 1.29 is 23.5 Å². The van der Waals surface area contributed by atoms with Gasteiger partial charge in [0.2, 0.25) is 0 Å². The minimum atomic E-state index is -0.608. The Morgan fingerprint density at radius 1 is 1.35 bits per heavy atom. The van der Waals surface area contributed by atoms with Crippen LogP contribution >= 0.6 is 0 Å². The van der Waals surface area contributed by atoms with Gasteiger partial charge < -0.3 is 24.1 Å². The van der Waals surface area contributed by atoms with E-state index < -0.39 is 11.8 Å². The summed E-state index contributed by atoms with van der Waals surface area (Å²) in [6, 6.07) is 3.70. The molecule has 1 N–H and O–H groups in total. The smallest absolute Gasteiger partial charge is 0.468 e. The molecule has 2 aliphatic rings. The van der Waals surface area contributed by atoms with E-state index in [1.165, 1.54) is 0 Å². The van der Waals surface area contributed by atoms with Crippen LogP contribution in [0.25, 0.3) is 0 Å². The van der Waals surface area contributed by atoms with Crippen LogP contribution in [-0.4, -0.2) is 66.9 Å². The van der Waals surface area contributed by atoms with E-state index in [1.54, 1.807) is 11.2 Å². The van der Waals surface area contributed by atoms with Gasteiger partial charge in [-0.15, -0.1) is 0 Å². The molecule has 3 rings (SSSR count). The van der Waals surface area contributed by atoms with Gasteiger partial charge in [0.15, 0.2) is 5.60 Å². The maximum absolute atomic E-state index is 12.6. The molecule has 1 spiro atoms. The Morgan fingerprint density at radius 2 is 2.08 bits per heavy atom. The van der Waals surface area contributed by atoms with Crippen LogP contribution in [-0.2, 0) is 9.47 Å². The average Bonchev–Trinajstić information content (AvgIpc) is 3.29. The first kappa shape index (κ1) is 18.6. The molecule has 2 amide bonds. The highest BCUT2D eigenvalue weighted by molar-refractivity contribution is 5.74. The third-order valence-corrected chi connectivity index (χ3v) is 5.29. The van der Waals surface area contributed by atoms with Gasteiger partial charge in [-0.05, 0) is 25.2 Å². The fourth-order valence-corrected chi connectivity index (χ4v) is 3.64. The number of urea groups is 1. The molecule has 2 aliphatic heterocycles. The van der Waals surface area contributed by atoms with E-state index in [0.29, 0.717) is 32.5 Å². The number of rotatable bonds is 6. The molecule has 1 aromatic heterocycles. The number of likely N-dealkylation sites (N-methyl/N-ethyl adjacent to an activating group) is 1. The number of carbonyl (C=O) groups is 2. The molecule has 1 unspecified atom stereocenters. The number of hydrogen-bond donors (Lipinski definition) is 1. The molecule has 3 heterocycles. The summed E-state index contributed by atoms with van der Waals surface area (Å²) in [5, 5.41) is 3.02. The maximum Gasteiger partial charge on any atom is 0.509 e. The van der Waals surface area contributed by atoms with Crippen molar-refractivity contribution in [3.05, 3.63) is 24.2 Å². The second kappa shape index (κ2) is 7.99. The Bertz CT molecular complexity index is 606. The number of amides is 2. The molecule has 8 nitrogen and oxygen atoms in total. The third kappa shape index (κ3) is 3.95. The summed E-state index contributed by atoms with van der Waals surface area (Å²) in [7, 11) is 0. The Balaban J connectivity index is 1.53. The van der Waals surface area contributed by atoms with E-state index in [2.05, 4.69) is 24.1 Å². The van der Waals surface area contributed by atoms with Crippen LogP contribution in [0.5, 0.6) is 0 Å². The predicted octanol–water partition coefficient (Wildman–Crippen LogP) is 2.37. The van der Waals surface area contributed by atoms with Crippen molar-refractivity contribution in [2.75, 3.05) is 39.3 Å². The monoisotopic (exact) mass is 365 g/mol. The van der Waals surface area contributed by atoms with Gasteiger partial charge in [-0.2, -0.15) is 0 Å². The number of carbonyl (C=O) groups excluding carboxylic acids is 2. The number of hydrogen-bond acceptors (Lipinski definition) is 6. The molecule has 0 saturated carbocycles. The molecule has 1 aromatic rings. The highest BCUT2D eigenvalue weighted by Crippen LogP contribution is 2.31. The topological polar surface area (TPSA) is 84.2 Å². The molecular weight excluding hydrogens is 338 g/mol. The van der Waals surface area contributed by atoms with Gasteiger partial charge in [0.1, 0.15) is 12.4 Å². The van der Waals surface area contributed by atoms with Crippen LogP contribution in [0.15, 0.2) is 22.8 Å². The highest BCUT2D eigenvalue weighted by Gasteiger charge is 2.45. The first-order valence-electron chi connectivity index (χ1n) is 9.23. The number of furan rings is 1. The van der Waals surface area contributed by atoms with Gasteiger partial charge >= 0.3 is 12.2 Å². The molecule has 0 aliphatic carbocycles. The van der Waals surface area contributed by atoms with Crippen LogP contribution in [0.3, 0.4) is 0 Å². The first-order valence-corrected chi connectivity index (χ1v) is 9.23. The van der Waals surface area contributed by atoms with E-state index in [0.717, 1.165) is 18.8 Å². The van der Waals surface area contributed by atoms with E-state index in [4.69, 9.17) is 13.9 Å². The first-order chi connectivity index (χ1) is 12.6. The van der Waals surface area contributed by atoms with Gasteiger partial charge in [0, 0.05) is 32.5 Å². The molecule has 0 aromatic carbocycles. The maximum atomic E-state index is 12.6. The Hall–Kier alpha value is -2.22. The molecule has 2 saturated heterocycles. The lowest BCUT2D eigenvalue weighted by Gasteiger charge is -2.36. The molecule has 2 fully saturated rings. The molecular formula is C18H27N3O5. The van der Waals surface area contributed by atoms with Gasteiger partial charge in [0.05, 0.1) is 12.3 Å². The largest absolute Gasteiger partial charge is 0.509 e. The van der Waals surface area contributed by atoms with Crippen LogP contribution in [0.4, 0.5) is 9.59 Å². The van der Waals surface area contributed by atoms with E-state index >= 15 is 0 Å². The van der Waals surface area contributed by atoms with Crippen molar-refractivity contribution >= 4 is 12.2 Å². The fourth-order valence-electron chi connectivity index (χ4n) is 3.64. The molecule has 1 atom stereocenters. The predicted molar refractivity (Wildman–Crippen MR) is 93.7 cm³/mol. The summed E-state index contributed by atoms with van der Waals surface area (Å²) in [4.78, 5) is 27.8. The van der Waals surface area contributed by atoms with Gasteiger partial charge in [-0.3, -0.25) is 4.90 Å². The summed E-state index contributed by atoms with van der Waals surface area (Å²) in [5.41, 5.74) is -0.550. The lowest BCUT2D eigenvalue weighted by Crippen LogP contribution is -2.51. The van der Waals surface area contributed by atoms with Crippen molar-refractivity contribution in [3.63, 3.8) is 0 Å². The Labute approximate surface area is 153 Å². The Kier molecular flexibility index (Phi) is 5.70. The average molecular weight is 365 g/mol. The minimum absolute atomic E-state index is 0.00395. The molecule has 26 heavy (non-hydrogen) atoms. The van der Waals surface area contributed by atoms with Crippen molar-refractivity contribution in [2.45, 2.75) is 38.3 Å². The summed E-state index contributed by atoms with van der Waals surface area (Å²) in [6.07, 6.45) is 2.25. The summed E-state index contributed by atoms with van der Waals surface area (Å²) in [5.74, 6) is 0.849. The second-order valence-corrected chi connectivity index (χ2v) is 6.75. The second-order valence-electron chi connectivity index (χ2n) is 6.75. The summed E-state index contributed by atoms with van der Waals surface area (Å²) < 4.78 is 15.8. The summed E-state index contributed by atoms with van der Waals surface area (Å²) in [6.45, 7) is 7.77. The molecule has 144 valence electrons. The molecule has 0 radical (unpaired) electrons. The quantitative estimate of drug-likeness (QED) is 0.779. The number of cyclic esters (lactones) is 1. The standard InChI is InChI=1S/C18H27N3O5/c1-3-20(4-2)14(15-6-5-11-24-15)12-19-16(22)21-9-7-18(8-10-21)13-25-17(23)26-18/h5-6,11,14H,3-4,7-10,12-13H2,1-2H3,(H,19,22). The SMILES string of the molecule is CCN(CC)C(CNC(=O)N1CCC2(CC1)COC(=O)O2)c1ccco1. The lowest BCUT2D eigenvalue weighted by atomic mass is 9.92. The number of piperidine rings is 1. The number of nitrogens with zero attached hydrogens (tertiary/aromatic N) is 2. The van der Waals surface area contributed by atoms with Crippen molar-refractivity contribution in [1.82, 2.24) is 15.1 Å². The molecule has 8 heteroatoms. The number of nitrogens with one attached hydrogen (secondary N) is 1. The zero-order valence-corrected chi connectivity index (χ0v) is 15.4. The van der Waals surface area contributed by atoms with Crippen LogP contribution in [0.2, 0.25) is 0 Å².